The van der Waals surface area contributed by atoms with E-state index in [-0.39, 0.29) is 11.4 Å². The topological polar surface area (TPSA) is 93.8 Å². The van der Waals surface area contributed by atoms with Gasteiger partial charge in [-0.25, -0.2) is 0 Å². The predicted molar refractivity (Wildman–Crippen MR) is 101 cm³/mol. The van der Waals surface area contributed by atoms with Gasteiger partial charge in [0.25, 0.3) is 5.69 Å². The number of ether oxygens (including phenoxy) is 1. The molecular weight excluding hydrogens is 384 g/mol. The summed E-state index contributed by atoms with van der Waals surface area (Å²) in [5, 5.41) is 11.1. The molecular formula is C19H13F2N5O3. The molecule has 0 saturated heterocycles. The van der Waals surface area contributed by atoms with Gasteiger partial charge in [0.15, 0.2) is 6.17 Å². The van der Waals surface area contributed by atoms with Crippen LogP contribution < -0.4 is 9.64 Å². The van der Waals surface area contributed by atoms with Gasteiger partial charge in [0.1, 0.15) is 11.4 Å². The number of fused-ring (bicyclic) bond motifs is 1. The highest BCUT2D eigenvalue weighted by Crippen LogP contribution is 2.41. The second kappa shape index (κ2) is 7.58. The summed E-state index contributed by atoms with van der Waals surface area (Å²) < 4.78 is 29.8. The predicted octanol–water partition coefficient (Wildman–Crippen LogP) is 4.26. The molecule has 2 aromatic carbocycles. The summed E-state index contributed by atoms with van der Waals surface area (Å²) >= 11 is 0. The number of nitrogens with zero attached hydrogens (tertiary/aromatic N) is 5. The molecule has 1 aromatic heterocycles. The minimum absolute atomic E-state index is 0.0200. The largest absolute Gasteiger partial charge is 0.435 e. The minimum atomic E-state index is -2.96. The van der Waals surface area contributed by atoms with Crippen LogP contribution in [-0.4, -0.2) is 27.7 Å². The van der Waals surface area contributed by atoms with Crippen molar-refractivity contribution in [2.45, 2.75) is 12.8 Å². The SMILES string of the molecule is O=[N+]([O-])c1ccc2c(c1)C=NC(c1cnccn1)N2c1cccc(OC(F)F)c1. The Hall–Kier alpha value is -3.95. The van der Waals surface area contributed by atoms with Crippen molar-refractivity contribution in [1.82, 2.24) is 9.97 Å². The highest BCUT2D eigenvalue weighted by atomic mass is 19.3. The molecule has 0 radical (unpaired) electrons. The summed E-state index contributed by atoms with van der Waals surface area (Å²) in [7, 11) is 0. The Bertz CT molecular complexity index is 1080. The van der Waals surface area contributed by atoms with Crippen LogP contribution in [0.25, 0.3) is 0 Å². The van der Waals surface area contributed by atoms with E-state index in [1.165, 1.54) is 42.9 Å². The third-order valence-electron chi connectivity index (χ3n) is 4.25. The molecule has 1 aliphatic rings. The Morgan fingerprint density at radius 3 is 2.76 bits per heavy atom. The van der Waals surface area contributed by atoms with E-state index in [0.717, 1.165) is 0 Å². The number of nitro groups is 1. The van der Waals surface area contributed by atoms with Crippen molar-refractivity contribution in [3.63, 3.8) is 0 Å². The molecule has 10 heteroatoms. The van der Waals surface area contributed by atoms with Crippen molar-refractivity contribution < 1.29 is 18.4 Å². The number of nitro benzene ring substituents is 1. The Morgan fingerprint density at radius 1 is 1.17 bits per heavy atom. The van der Waals surface area contributed by atoms with Crippen LogP contribution >= 0.6 is 0 Å². The third kappa shape index (κ3) is 3.72. The lowest BCUT2D eigenvalue weighted by Crippen LogP contribution is -2.27. The molecule has 0 saturated carbocycles. The van der Waals surface area contributed by atoms with E-state index < -0.39 is 17.7 Å². The molecule has 3 aromatic rings. The molecule has 146 valence electrons. The summed E-state index contributed by atoms with van der Waals surface area (Å²) in [5.41, 5.74) is 2.07. The van der Waals surface area contributed by atoms with Crippen LogP contribution in [0.2, 0.25) is 0 Å². The molecule has 0 N–H and O–H groups in total. The van der Waals surface area contributed by atoms with E-state index in [2.05, 4.69) is 19.7 Å². The van der Waals surface area contributed by atoms with Crippen molar-refractivity contribution in [3.8, 4) is 5.75 Å². The van der Waals surface area contributed by atoms with E-state index in [1.807, 2.05) is 0 Å². The molecule has 2 heterocycles. The van der Waals surface area contributed by atoms with Crippen LogP contribution in [0.15, 0.2) is 66.0 Å². The zero-order chi connectivity index (χ0) is 20.4. The normalized spacial score (nSPS) is 15.3. The second-order valence-corrected chi connectivity index (χ2v) is 6.03. The van der Waals surface area contributed by atoms with Gasteiger partial charge >= 0.3 is 6.61 Å². The number of hydrogen-bond acceptors (Lipinski definition) is 7. The molecule has 0 fully saturated rings. The number of anilines is 2. The maximum atomic E-state index is 12.7. The average Bonchev–Trinajstić information content (AvgIpc) is 2.72. The van der Waals surface area contributed by atoms with Gasteiger partial charge in [0, 0.05) is 48.1 Å². The van der Waals surface area contributed by atoms with Crippen LogP contribution in [0.3, 0.4) is 0 Å². The van der Waals surface area contributed by atoms with E-state index in [9.17, 15) is 18.9 Å². The van der Waals surface area contributed by atoms with Crippen LogP contribution in [0.1, 0.15) is 17.4 Å². The molecule has 0 amide bonds. The van der Waals surface area contributed by atoms with E-state index in [4.69, 9.17) is 0 Å². The van der Waals surface area contributed by atoms with Crippen molar-refractivity contribution in [2.75, 3.05) is 4.90 Å². The molecule has 0 spiro atoms. The van der Waals surface area contributed by atoms with Crippen molar-refractivity contribution >= 4 is 23.3 Å². The van der Waals surface area contributed by atoms with E-state index >= 15 is 0 Å². The van der Waals surface area contributed by atoms with Gasteiger partial charge in [0.05, 0.1) is 16.8 Å². The Balaban J connectivity index is 1.84. The standard InChI is InChI=1S/C19H13F2N5O3/c20-19(21)29-15-3-1-2-13(9-15)25-17-5-4-14(26(27)28)8-12(17)10-24-18(25)16-11-22-6-7-23-16/h1-11,18-19H. The number of halogens is 2. The molecule has 0 aliphatic carbocycles. The molecule has 1 aliphatic heterocycles. The van der Waals surface area contributed by atoms with Crippen molar-refractivity contribution in [2.24, 2.45) is 4.99 Å². The number of aliphatic imine (C=N–C) groups is 1. The summed E-state index contributed by atoms with van der Waals surface area (Å²) in [6.07, 6.45) is 5.47. The summed E-state index contributed by atoms with van der Waals surface area (Å²) in [4.78, 5) is 25.2. The van der Waals surface area contributed by atoms with Gasteiger partial charge in [-0.2, -0.15) is 8.78 Å². The Kier molecular flexibility index (Phi) is 4.82. The van der Waals surface area contributed by atoms with Gasteiger partial charge in [-0.3, -0.25) is 25.1 Å². The molecule has 29 heavy (non-hydrogen) atoms. The molecule has 1 atom stereocenters. The van der Waals surface area contributed by atoms with Gasteiger partial charge in [-0.1, -0.05) is 6.07 Å². The fourth-order valence-corrected chi connectivity index (χ4v) is 3.07. The fourth-order valence-electron chi connectivity index (χ4n) is 3.07. The monoisotopic (exact) mass is 397 g/mol. The molecule has 0 bridgehead atoms. The zero-order valence-electron chi connectivity index (χ0n) is 14.7. The lowest BCUT2D eigenvalue weighted by atomic mass is 10.1. The van der Waals surface area contributed by atoms with Crippen LogP contribution in [-0.2, 0) is 0 Å². The number of aromatic nitrogens is 2. The highest BCUT2D eigenvalue weighted by Gasteiger charge is 2.29. The molecule has 8 nitrogen and oxygen atoms in total. The lowest BCUT2D eigenvalue weighted by Gasteiger charge is -2.34. The summed E-state index contributed by atoms with van der Waals surface area (Å²) in [5.74, 6) is -0.0200. The quantitative estimate of drug-likeness (QED) is 0.472. The number of hydrogen-bond donors (Lipinski definition) is 0. The molecule has 1 unspecified atom stereocenters. The minimum Gasteiger partial charge on any atom is -0.435 e. The number of alkyl halides is 2. The van der Waals surface area contributed by atoms with Gasteiger partial charge < -0.3 is 9.64 Å². The Morgan fingerprint density at radius 2 is 2.03 bits per heavy atom. The van der Waals surface area contributed by atoms with Crippen molar-refractivity contribution in [1.29, 1.82) is 0 Å². The number of benzene rings is 2. The Labute approximate surface area is 163 Å². The van der Waals surface area contributed by atoms with Gasteiger partial charge in [-0.15, -0.1) is 0 Å². The third-order valence-corrected chi connectivity index (χ3v) is 4.25. The summed E-state index contributed by atoms with van der Waals surface area (Å²) in [6.45, 7) is -2.96. The maximum Gasteiger partial charge on any atom is 0.387 e. The first kappa shape index (κ1) is 18.4. The second-order valence-electron chi connectivity index (χ2n) is 6.03. The maximum absolute atomic E-state index is 12.7. The first-order valence-corrected chi connectivity index (χ1v) is 8.44. The fraction of sp³-hybridized carbons (Fsp3) is 0.105. The van der Waals surface area contributed by atoms with Crippen molar-refractivity contribution in [3.05, 3.63) is 82.4 Å². The first-order valence-electron chi connectivity index (χ1n) is 8.44. The zero-order valence-corrected chi connectivity index (χ0v) is 14.7. The average molecular weight is 397 g/mol. The number of non-ortho nitro benzene ring substituents is 1. The van der Waals surface area contributed by atoms with E-state index in [0.29, 0.717) is 22.6 Å². The smallest absolute Gasteiger partial charge is 0.387 e. The van der Waals surface area contributed by atoms with Gasteiger partial charge in [0.2, 0.25) is 0 Å². The number of rotatable bonds is 5. The van der Waals surface area contributed by atoms with Crippen LogP contribution in [0, 0.1) is 10.1 Å². The van der Waals surface area contributed by atoms with Crippen LogP contribution in [0.5, 0.6) is 5.75 Å². The lowest BCUT2D eigenvalue weighted by molar-refractivity contribution is -0.384. The highest BCUT2D eigenvalue weighted by molar-refractivity contribution is 5.93. The summed E-state index contributed by atoms with van der Waals surface area (Å²) in [6, 6.07) is 10.5. The molecule has 4 rings (SSSR count). The van der Waals surface area contributed by atoms with E-state index in [1.54, 1.807) is 29.3 Å². The van der Waals surface area contributed by atoms with Gasteiger partial charge in [-0.05, 0) is 18.2 Å². The first-order chi connectivity index (χ1) is 14.0. The van der Waals surface area contributed by atoms with Crippen LogP contribution in [0.4, 0.5) is 25.8 Å².